The van der Waals surface area contributed by atoms with Gasteiger partial charge in [0, 0.05) is 5.57 Å². The van der Waals surface area contributed by atoms with Crippen molar-refractivity contribution in [1.29, 1.82) is 0 Å². The van der Waals surface area contributed by atoms with Crippen LogP contribution in [0.5, 0.6) is 5.75 Å². The number of phenolic OH excluding ortho intramolecular Hbond substituents is 1. The predicted molar refractivity (Wildman–Crippen MR) is 55.3 cm³/mol. The van der Waals surface area contributed by atoms with Crippen molar-refractivity contribution < 1.29 is 19.4 Å². The Kier molecular flexibility index (Phi) is 5.09. The summed E-state index contributed by atoms with van der Waals surface area (Å²) in [6.07, 6.45) is 0. The van der Waals surface area contributed by atoms with E-state index in [2.05, 4.69) is 6.58 Å². The molecule has 4 heteroatoms. The van der Waals surface area contributed by atoms with Gasteiger partial charge in [0.1, 0.15) is 0 Å². The molecule has 0 aromatic heterocycles. The van der Waals surface area contributed by atoms with Gasteiger partial charge in [-0.3, -0.25) is 0 Å². The van der Waals surface area contributed by atoms with Crippen molar-refractivity contribution in [2.24, 2.45) is 0 Å². The van der Waals surface area contributed by atoms with Crippen LogP contribution in [0.25, 0.3) is 0 Å². The van der Waals surface area contributed by atoms with E-state index in [1.54, 1.807) is 19.1 Å². The van der Waals surface area contributed by atoms with Gasteiger partial charge < -0.3 is 10.2 Å². The summed E-state index contributed by atoms with van der Waals surface area (Å²) in [4.78, 5) is 9.60. The molecule has 1 aromatic carbocycles. The summed E-state index contributed by atoms with van der Waals surface area (Å²) in [7, 11) is 0. The van der Waals surface area contributed by atoms with Gasteiger partial charge >= 0.3 is 5.97 Å². The molecule has 0 amide bonds. The van der Waals surface area contributed by atoms with Crippen molar-refractivity contribution in [3.05, 3.63) is 41.7 Å². The average Bonchev–Trinajstić information content (AvgIpc) is 2.15. The van der Waals surface area contributed by atoms with E-state index in [0.29, 0.717) is 5.56 Å². The lowest BCUT2D eigenvalue weighted by Gasteiger charge is -1.96. The van der Waals surface area contributed by atoms with Gasteiger partial charge in [0.2, 0.25) is 0 Å². The molecule has 0 radical (unpaired) electrons. The van der Waals surface area contributed by atoms with Crippen LogP contribution in [0.15, 0.2) is 30.4 Å². The maximum absolute atomic E-state index is 12.3. The highest BCUT2D eigenvalue weighted by Crippen LogP contribution is 2.18. The molecule has 0 saturated heterocycles. The van der Waals surface area contributed by atoms with E-state index in [9.17, 15) is 9.18 Å². The number of rotatable bonds is 1. The average molecular weight is 212 g/mol. The molecular formula is C11H13FO3. The summed E-state index contributed by atoms with van der Waals surface area (Å²) >= 11 is 0. The molecule has 0 atom stereocenters. The summed E-state index contributed by atoms with van der Waals surface area (Å²) in [6.45, 7) is 6.25. The maximum atomic E-state index is 12.3. The van der Waals surface area contributed by atoms with Gasteiger partial charge in [-0.1, -0.05) is 18.7 Å². The maximum Gasteiger partial charge on any atom is 0.330 e. The largest absolute Gasteiger partial charge is 0.505 e. The fourth-order valence-corrected chi connectivity index (χ4v) is 0.623. The fraction of sp³-hybridized carbons (Fsp3) is 0.182. The smallest absolute Gasteiger partial charge is 0.330 e. The molecule has 0 bridgehead atoms. The van der Waals surface area contributed by atoms with Gasteiger partial charge in [-0.2, -0.15) is 0 Å². The topological polar surface area (TPSA) is 57.5 Å². The van der Waals surface area contributed by atoms with Crippen LogP contribution in [-0.2, 0) is 4.79 Å². The van der Waals surface area contributed by atoms with Crippen molar-refractivity contribution >= 4 is 5.97 Å². The van der Waals surface area contributed by atoms with E-state index in [0.717, 1.165) is 0 Å². The highest BCUT2D eigenvalue weighted by atomic mass is 19.1. The van der Waals surface area contributed by atoms with Crippen LogP contribution in [0.2, 0.25) is 0 Å². The third kappa shape index (κ3) is 4.81. The first kappa shape index (κ1) is 13.2. The monoisotopic (exact) mass is 212 g/mol. The molecule has 1 rings (SSSR count). The SMILES string of the molecule is C=C(C)C(=O)O.Cc1cccc(F)c1O. The lowest BCUT2D eigenvalue weighted by atomic mass is 10.2. The minimum absolute atomic E-state index is 0.176. The molecule has 0 heterocycles. The molecule has 0 spiro atoms. The first-order chi connectivity index (χ1) is 6.86. The summed E-state index contributed by atoms with van der Waals surface area (Å²) in [5.41, 5.74) is 0.741. The minimum Gasteiger partial charge on any atom is -0.505 e. The second-order valence-corrected chi connectivity index (χ2v) is 2.99. The van der Waals surface area contributed by atoms with Gasteiger partial charge in [-0.25, -0.2) is 9.18 Å². The number of halogens is 1. The number of carbonyl (C=O) groups is 1. The third-order valence-corrected chi connectivity index (χ3v) is 1.55. The normalized spacial score (nSPS) is 8.73. The number of carboxylic acid groups (broad SMARTS) is 1. The molecular weight excluding hydrogens is 199 g/mol. The highest BCUT2D eigenvalue weighted by Gasteiger charge is 1.99. The lowest BCUT2D eigenvalue weighted by Crippen LogP contribution is -1.92. The highest BCUT2D eigenvalue weighted by molar-refractivity contribution is 5.84. The van der Waals surface area contributed by atoms with Gasteiger partial charge in [0.05, 0.1) is 0 Å². The zero-order valence-corrected chi connectivity index (χ0v) is 8.62. The van der Waals surface area contributed by atoms with Crippen molar-refractivity contribution in [1.82, 2.24) is 0 Å². The number of carboxylic acids is 1. The molecule has 15 heavy (non-hydrogen) atoms. The summed E-state index contributed by atoms with van der Waals surface area (Å²) in [5.74, 6) is -1.75. The molecule has 0 unspecified atom stereocenters. The Bertz CT molecular complexity index is 340. The zero-order chi connectivity index (χ0) is 12.0. The Morgan fingerprint density at radius 3 is 2.20 bits per heavy atom. The standard InChI is InChI=1S/C7H7FO.C4H6O2/c1-5-3-2-4-6(8)7(5)9;1-3(2)4(5)6/h2-4,9H,1H3;1H2,2H3,(H,5,6). The lowest BCUT2D eigenvalue weighted by molar-refractivity contribution is -0.132. The van der Waals surface area contributed by atoms with E-state index >= 15 is 0 Å². The van der Waals surface area contributed by atoms with Crippen molar-refractivity contribution in [2.75, 3.05) is 0 Å². The molecule has 3 nitrogen and oxygen atoms in total. The molecule has 0 fully saturated rings. The summed E-state index contributed by atoms with van der Waals surface area (Å²) < 4.78 is 12.3. The van der Waals surface area contributed by atoms with Gasteiger partial charge in [-0.15, -0.1) is 0 Å². The second kappa shape index (κ2) is 5.80. The van der Waals surface area contributed by atoms with E-state index < -0.39 is 11.8 Å². The number of aliphatic carboxylic acids is 1. The molecule has 0 saturated carbocycles. The number of hydrogen-bond donors (Lipinski definition) is 2. The van der Waals surface area contributed by atoms with Crippen LogP contribution in [0.1, 0.15) is 12.5 Å². The van der Waals surface area contributed by atoms with Gasteiger partial charge in [0.25, 0.3) is 0 Å². The number of aromatic hydroxyl groups is 1. The van der Waals surface area contributed by atoms with Crippen LogP contribution in [0, 0.1) is 12.7 Å². The van der Waals surface area contributed by atoms with Crippen molar-refractivity contribution in [3.63, 3.8) is 0 Å². The Morgan fingerprint density at radius 2 is 1.93 bits per heavy atom. The van der Waals surface area contributed by atoms with Crippen molar-refractivity contribution in [3.8, 4) is 5.75 Å². The Balaban J connectivity index is 0.000000288. The van der Waals surface area contributed by atoms with Gasteiger partial charge in [-0.05, 0) is 25.5 Å². The quantitative estimate of drug-likeness (QED) is 0.703. The number of hydrogen-bond acceptors (Lipinski definition) is 2. The number of aryl methyl sites for hydroxylation is 1. The number of benzene rings is 1. The minimum atomic E-state index is -0.935. The van der Waals surface area contributed by atoms with Crippen LogP contribution in [0.3, 0.4) is 0 Å². The van der Waals surface area contributed by atoms with E-state index in [4.69, 9.17) is 10.2 Å². The Hall–Kier alpha value is -1.84. The predicted octanol–water partition coefficient (Wildman–Crippen LogP) is 2.49. The molecule has 82 valence electrons. The summed E-state index contributed by atoms with van der Waals surface area (Å²) in [6, 6.07) is 4.44. The van der Waals surface area contributed by atoms with Crippen LogP contribution < -0.4 is 0 Å². The molecule has 0 aliphatic carbocycles. The van der Waals surface area contributed by atoms with Gasteiger partial charge in [0.15, 0.2) is 11.6 Å². The van der Waals surface area contributed by atoms with Crippen LogP contribution in [-0.4, -0.2) is 16.2 Å². The fourth-order valence-electron chi connectivity index (χ4n) is 0.623. The van der Waals surface area contributed by atoms with Crippen molar-refractivity contribution in [2.45, 2.75) is 13.8 Å². The number of para-hydroxylation sites is 1. The molecule has 2 N–H and O–H groups in total. The zero-order valence-electron chi connectivity index (χ0n) is 8.62. The molecule has 1 aromatic rings. The molecule has 0 aliphatic heterocycles. The first-order valence-corrected chi connectivity index (χ1v) is 4.19. The number of phenols is 1. The third-order valence-electron chi connectivity index (χ3n) is 1.55. The molecule has 0 aliphatic rings. The van der Waals surface area contributed by atoms with E-state index in [-0.39, 0.29) is 11.3 Å². The van der Waals surface area contributed by atoms with E-state index in [1.165, 1.54) is 13.0 Å². The van der Waals surface area contributed by atoms with Crippen LogP contribution in [0.4, 0.5) is 4.39 Å². The Labute approximate surface area is 87.5 Å². The second-order valence-electron chi connectivity index (χ2n) is 2.99. The Morgan fingerprint density at radius 1 is 1.47 bits per heavy atom. The van der Waals surface area contributed by atoms with Crippen LogP contribution >= 0.6 is 0 Å². The van der Waals surface area contributed by atoms with E-state index in [1.807, 2.05) is 0 Å². The summed E-state index contributed by atoms with van der Waals surface area (Å²) in [5, 5.41) is 16.7. The first-order valence-electron chi connectivity index (χ1n) is 4.19.